The predicted octanol–water partition coefficient (Wildman–Crippen LogP) is 0.309. The highest BCUT2D eigenvalue weighted by molar-refractivity contribution is 5.76. The number of nitrogens with zero attached hydrogens (tertiary/aromatic N) is 1. The average Bonchev–Trinajstić information content (AvgIpc) is 2.17. The molecule has 5 heteroatoms. The number of nitrogens with one attached hydrogen (secondary N) is 1. The fourth-order valence-electron chi connectivity index (χ4n) is 1.03. The summed E-state index contributed by atoms with van der Waals surface area (Å²) in [6.07, 6.45) is 0.759. The van der Waals surface area contributed by atoms with Gasteiger partial charge in [0, 0.05) is 25.9 Å². The maximum Gasteiger partial charge on any atom is 0.303 e. The van der Waals surface area contributed by atoms with E-state index in [0.29, 0.717) is 19.4 Å². The van der Waals surface area contributed by atoms with Gasteiger partial charge in [-0.15, -0.1) is 0 Å². The zero-order chi connectivity index (χ0) is 11.7. The molecule has 0 unspecified atom stereocenters. The van der Waals surface area contributed by atoms with E-state index in [1.165, 1.54) is 0 Å². The number of hydrogen-bond acceptors (Lipinski definition) is 3. The zero-order valence-corrected chi connectivity index (χ0v) is 9.45. The monoisotopic (exact) mass is 216 g/mol. The van der Waals surface area contributed by atoms with Crippen LogP contribution in [0, 0.1) is 0 Å². The van der Waals surface area contributed by atoms with E-state index in [9.17, 15) is 9.59 Å². The lowest BCUT2D eigenvalue weighted by Crippen LogP contribution is -2.32. The van der Waals surface area contributed by atoms with Gasteiger partial charge in [0.1, 0.15) is 0 Å². The summed E-state index contributed by atoms with van der Waals surface area (Å²) in [6, 6.07) is 0. The van der Waals surface area contributed by atoms with Crippen LogP contribution < -0.4 is 5.32 Å². The van der Waals surface area contributed by atoms with Crippen LogP contribution in [0.15, 0.2) is 0 Å². The molecule has 88 valence electrons. The molecule has 2 N–H and O–H groups in total. The Morgan fingerprint density at radius 2 is 2.00 bits per heavy atom. The summed E-state index contributed by atoms with van der Waals surface area (Å²) in [7, 11) is 1.98. The van der Waals surface area contributed by atoms with E-state index in [2.05, 4.69) is 17.1 Å². The summed E-state index contributed by atoms with van der Waals surface area (Å²) in [4.78, 5) is 23.5. The molecule has 0 saturated carbocycles. The van der Waals surface area contributed by atoms with Gasteiger partial charge in [0.15, 0.2) is 0 Å². The van der Waals surface area contributed by atoms with Gasteiger partial charge in [0.05, 0.1) is 0 Å². The third-order valence-corrected chi connectivity index (χ3v) is 2.15. The summed E-state index contributed by atoms with van der Waals surface area (Å²) in [5.74, 6) is -0.922. The summed E-state index contributed by atoms with van der Waals surface area (Å²) >= 11 is 0. The van der Waals surface area contributed by atoms with Gasteiger partial charge in [-0.3, -0.25) is 9.59 Å². The molecule has 0 aliphatic carbocycles. The van der Waals surface area contributed by atoms with Crippen LogP contribution in [0.1, 0.15) is 26.2 Å². The number of rotatable bonds is 8. The quantitative estimate of drug-likeness (QED) is 0.612. The second-order valence-corrected chi connectivity index (χ2v) is 3.49. The summed E-state index contributed by atoms with van der Waals surface area (Å²) in [5, 5.41) is 11.1. The fourth-order valence-corrected chi connectivity index (χ4v) is 1.03. The number of amides is 1. The summed E-state index contributed by atoms with van der Waals surface area (Å²) in [6.45, 7) is 4.45. The molecule has 0 aromatic heterocycles. The molecule has 0 heterocycles. The van der Waals surface area contributed by atoms with Crippen LogP contribution in [0.4, 0.5) is 0 Å². The number of carboxylic acids is 1. The third-order valence-electron chi connectivity index (χ3n) is 2.15. The van der Waals surface area contributed by atoms with Crippen LogP contribution in [-0.4, -0.2) is 48.6 Å². The minimum Gasteiger partial charge on any atom is -0.481 e. The topological polar surface area (TPSA) is 69.6 Å². The van der Waals surface area contributed by atoms with Crippen molar-refractivity contribution in [3.63, 3.8) is 0 Å². The Labute approximate surface area is 90.5 Å². The first-order valence-electron chi connectivity index (χ1n) is 5.23. The molecule has 0 atom stereocenters. The molecule has 1 amide bonds. The highest BCUT2D eigenvalue weighted by Crippen LogP contribution is 1.94. The van der Waals surface area contributed by atoms with Crippen LogP contribution in [0.25, 0.3) is 0 Å². The Hall–Kier alpha value is -1.10. The highest BCUT2D eigenvalue weighted by atomic mass is 16.4. The van der Waals surface area contributed by atoms with E-state index in [1.54, 1.807) is 0 Å². The van der Waals surface area contributed by atoms with E-state index in [1.807, 2.05) is 7.05 Å². The first-order valence-corrected chi connectivity index (χ1v) is 5.23. The standard InChI is InChI=1S/C10H20N2O3/c1-3-12(2)8-7-11-9(13)5-4-6-10(14)15/h3-8H2,1-2H3,(H,11,13)(H,14,15). The van der Waals surface area contributed by atoms with Crippen molar-refractivity contribution in [3.8, 4) is 0 Å². The number of carbonyl (C=O) groups excluding carboxylic acids is 1. The lowest BCUT2D eigenvalue weighted by atomic mass is 10.2. The molecule has 0 radical (unpaired) electrons. The minimum absolute atomic E-state index is 0.0578. The highest BCUT2D eigenvalue weighted by Gasteiger charge is 2.03. The van der Waals surface area contributed by atoms with Gasteiger partial charge < -0.3 is 15.3 Å². The zero-order valence-electron chi connectivity index (χ0n) is 9.45. The fraction of sp³-hybridized carbons (Fsp3) is 0.800. The second kappa shape index (κ2) is 8.23. The van der Waals surface area contributed by atoms with Crippen molar-refractivity contribution in [2.75, 3.05) is 26.7 Å². The molecule has 0 saturated heterocycles. The molecule has 0 aliphatic rings. The first kappa shape index (κ1) is 13.9. The molecule has 0 aromatic rings. The maximum absolute atomic E-state index is 11.2. The van der Waals surface area contributed by atoms with Crippen LogP contribution in [0.2, 0.25) is 0 Å². The van der Waals surface area contributed by atoms with Gasteiger partial charge in [0.2, 0.25) is 5.91 Å². The van der Waals surface area contributed by atoms with E-state index < -0.39 is 5.97 Å². The van der Waals surface area contributed by atoms with E-state index >= 15 is 0 Å². The molecule has 0 aromatic carbocycles. The van der Waals surface area contributed by atoms with Crippen LogP contribution in [0.3, 0.4) is 0 Å². The molecular weight excluding hydrogens is 196 g/mol. The second-order valence-electron chi connectivity index (χ2n) is 3.49. The van der Waals surface area contributed by atoms with Gasteiger partial charge in [0.25, 0.3) is 0 Å². The largest absolute Gasteiger partial charge is 0.481 e. The Morgan fingerprint density at radius 3 is 2.53 bits per heavy atom. The summed E-state index contributed by atoms with van der Waals surface area (Å²) in [5.41, 5.74) is 0. The van der Waals surface area contributed by atoms with Crippen molar-refractivity contribution >= 4 is 11.9 Å². The molecule has 0 aliphatic heterocycles. The van der Waals surface area contributed by atoms with Crippen LogP contribution >= 0.6 is 0 Å². The number of aliphatic carboxylic acids is 1. The number of carbonyl (C=O) groups is 2. The Kier molecular flexibility index (Phi) is 7.62. The van der Waals surface area contributed by atoms with Gasteiger partial charge >= 0.3 is 5.97 Å². The van der Waals surface area contributed by atoms with Crippen LogP contribution in [0.5, 0.6) is 0 Å². The summed E-state index contributed by atoms with van der Waals surface area (Å²) < 4.78 is 0. The van der Waals surface area contributed by atoms with Crippen molar-refractivity contribution in [1.82, 2.24) is 10.2 Å². The lowest BCUT2D eigenvalue weighted by molar-refractivity contribution is -0.137. The van der Waals surface area contributed by atoms with Gasteiger partial charge in [-0.2, -0.15) is 0 Å². The van der Waals surface area contributed by atoms with Crippen molar-refractivity contribution < 1.29 is 14.7 Å². The number of likely N-dealkylation sites (N-methyl/N-ethyl adjacent to an activating group) is 1. The van der Waals surface area contributed by atoms with Crippen molar-refractivity contribution in [1.29, 1.82) is 0 Å². The average molecular weight is 216 g/mol. The molecular formula is C10H20N2O3. The Bertz CT molecular complexity index is 207. The number of carboxylic acid groups (broad SMARTS) is 1. The Balaban J connectivity index is 3.37. The Morgan fingerprint density at radius 1 is 1.33 bits per heavy atom. The van der Waals surface area contributed by atoms with E-state index in [0.717, 1.165) is 13.1 Å². The van der Waals surface area contributed by atoms with Gasteiger partial charge in [-0.25, -0.2) is 0 Å². The third kappa shape index (κ3) is 9.21. The first-order chi connectivity index (χ1) is 7.06. The molecule has 0 rings (SSSR count). The van der Waals surface area contributed by atoms with Crippen molar-refractivity contribution in [2.24, 2.45) is 0 Å². The van der Waals surface area contributed by atoms with E-state index in [4.69, 9.17) is 5.11 Å². The van der Waals surface area contributed by atoms with Gasteiger partial charge in [-0.05, 0) is 20.0 Å². The van der Waals surface area contributed by atoms with Gasteiger partial charge in [-0.1, -0.05) is 6.92 Å². The normalized spacial score (nSPS) is 10.3. The molecule has 0 bridgehead atoms. The van der Waals surface area contributed by atoms with Crippen LogP contribution in [-0.2, 0) is 9.59 Å². The number of hydrogen-bond donors (Lipinski definition) is 2. The SMILES string of the molecule is CCN(C)CCNC(=O)CCCC(=O)O. The predicted molar refractivity (Wildman–Crippen MR) is 57.7 cm³/mol. The molecule has 15 heavy (non-hydrogen) atoms. The molecule has 0 spiro atoms. The minimum atomic E-state index is -0.853. The smallest absolute Gasteiger partial charge is 0.303 e. The lowest BCUT2D eigenvalue weighted by Gasteiger charge is -2.13. The maximum atomic E-state index is 11.2. The van der Waals surface area contributed by atoms with Crippen molar-refractivity contribution in [3.05, 3.63) is 0 Å². The molecule has 5 nitrogen and oxygen atoms in total. The van der Waals surface area contributed by atoms with E-state index in [-0.39, 0.29) is 12.3 Å². The molecule has 0 fully saturated rings. The van der Waals surface area contributed by atoms with Crippen molar-refractivity contribution in [2.45, 2.75) is 26.2 Å².